The van der Waals surface area contributed by atoms with Crippen LogP contribution in [0.15, 0.2) is 54.6 Å². The third kappa shape index (κ3) is 4.94. The van der Waals surface area contributed by atoms with Gasteiger partial charge in [-0.05, 0) is 87.3 Å². The summed E-state index contributed by atoms with van der Waals surface area (Å²) in [6.45, 7) is 6.10. The summed E-state index contributed by atoms with van der Waals surface area (Å²) in [5.74, 6) is 1.19. The van der Waals surface area contributed by atoms with Crippen molar-refractivity contribution in [2.45, 2.75) is 44.3 Å². The average Bonchev–Trinajstić information content (AvgIpc) is 3.39. The molecular formula is C33H37N5O4S. The van der Waals surface area contributed by atoms with E-state index in [0.29, 0.717) is 61.2 Å². The van der Waals surface area contributed by atoms with Gasteiger partial charge in [0.2, 0.25) is 0 Å². The third-order valence-electron chi connectivity index (χ3n) is 8.48. The molecule has 0 radical (unpaired) electrons. The van der Waals surface area contributed by atoms with Gasteiger partial charge in [0.15, 0.2) is 17.3 Å². The molecule has 3 aromatic carbocycles. The predicted octanol–water partition coefficient (Wildman–Crippen LogP) is 4.59. The van der Waals surface area contributed by atoms with Crippen LogP contribution in [0.25, 0.3) is 10.1 Å². The van der Waals surface area contributed by atoms with Gasteiger partial charge in [-0.3, -0.25) is 9.59 Å². The fourth-order valence-corrected chi connectivity index (χ4v) is 7.64. The zero-order valence-corrected chi connectivity index (χ0v) is 25.4. The molecule has 1 saturated heterocycles. The van der Waals surface area contributed by atoms with Gasteiger partial charge in [-0.15, -0.1) is 11.3 Å². The number of nitrogens with two attached hydrogens (primary N) is 3. The molecule has 9 nitrogen and oxygen atoms in total. The molecule has 1 fully saturated rings. The van der Waals surface area contributed by atoms with Crippen LogP contribution < -0.4 is 32.0 Å². The first-order valence-corrected chi connectivity index (χ1v) is 15.4. The highest BCUT2D eigenvalue weighted by molar-refractivity contribution is 7.21. The molecule has 3 unspecified atom stereocenters. The summed E-state index contributed by atoms with van der Waals surface area (Å²) >= 11 is 1.27. The summed E-state index contributed by atoms with van der Waals surface area (Å²) in [5.41, 5.74) is 21.7. The first kappa shape index (κ1) is 29.1. The third-order valence-corrected chi connectivity index (χ3v) is 9.73. The number of hydrogen-bond donors (Lipinski definition) is 4. The number of likely N-dealkylation sites (tertiary alicyclic amines) is 1. The van der Waals surface area contributed by atoms with Gasteiger partial charge in [-0.2, -0.15) is 0 Å². The minimum atomic E-state index is -1.55. The molecule has 1 aliphatic carbocycles. The van der Waals surface area contributed by atoms with Crippen molar-refractivity contribution in [1.82, 2.24) is 10.2 Å². The number of ether oxygens (including phenoxy) is 2. The number of amides is 1. The Hall–Kier alpha value is -3.96. The second-order valence-electron chi connectivity index (χ2n) is 11.4. The van der Waals surface area contributed by atoms with Gasteiger partial charge in [0.1, 0.15) is 11.3 Å². The number of likely N-dealkylation sites (N-methyl/N-ethyl adjacent to an activating group) is 1. The summed E-state index contributed by atoms with van der Waals surface area (Å²) in [7, 11) is 2.05. The Bertz CT molecular complexity index is 1740. The number of aryl methyl sites for hydroxylation is 1. The maximum absolute atomic E-state index is 14.2. The van der Waals surface area contributed by atoms with Crippen LogP contribution in [0.5, 0.6) is 17.2 Å². The molecule has 6 rings (SSSR count). The summed E-state index contributed by atoms with van der Waals surface area (Å²) in [5, 5.41) is 3.86. The number of thiophene rings is 1. The van der Waals surface area contributed by atoms with Crippen LogP contribution >= 0.6 is 11.3 Å². The highest BCUT2D eigenvalue weighted by Gasteiger charge is 2.49. The number of carbonyl (C=O) groups excluding carboxylic acids is 2. The first-order chi connectivity index (χ1) is 20.6. The number of hydrogen-bond acceptors (Lipinski definition) is 9. The molecule has 7 N–H and O–H groups in total. The van der Waals surface area contributed by atoms with Crippen LogP contribution in [0.4, 0.5) is 5.69 Å². The number of rotatable bonds is 7. The number of nitrogen functional groups attached to an aromatic ring is 1. The molecule has 10 heteroatoms. The van der Waals surface area contributed by atoms with Gasteiger partial charge in [0.05, 0.1) is 22.2 Å². The normalized spacial score (nSPS) is 22.0. The molecule has 1 aromatic heterocycles. The van der Waals surface area contributed by atoms with Crippen molar-refractivity contribution in [2.75, 3.05) is 32.5 Å². The minimum Gasteiger partial charge on any atom is -0.490 e. The Balaban J connectivity index is 1.40. The molecule has 2 heterocycles. The largest absolute Gasteiger partial charge is 0.490 e. The Kier molecular flexibility index (Phi) is 7.64. The van der Waals surface area contributed by atoms with Crippen molar-refractivity contribution >= 4 is 38.8 Å². The lowest BCUT2D eigenvalue weighted by atomic mass is 9.69. The monoisotopic (exact) mass is 599 g/mol. The van der Waals surface area contributed by atoms with Gasteiger partial charge >= 0.3 is 0 Å². The predicted molar refractivity (Wildman–Crippen MR) is 170 cm³/mol. The standard InChI is InChI=1S/C33H37N5O4S/c1-4-41-24-9-5-6-10-25(24)42-20-11-12-21(18(2)16-20)33(36)22-13-14-23(34)29-26(22)27(28(35)31(33)39)30(43-29)32(40)37-19-8-7-15-38(3)17-19/h5-6,9-14,16,19,28H,4,7-8,15,17,34-36H2,1-3H3,(H,37,40). The fraction of sp³-hybridized carbons (Fsp3) is 0.333. The average molecular weight is 600 g/mol. The second-order valence-corrected chi connectivity index (χ2v) is 12.5. The van der Waals surface area contributed by atoms with Crippen molar-refractivity contribution in [3.8, 4) is 17.2 Å². The zero-order chi connectivity index (χ0) is 30.5. The van der Waals surface area contributed by atoms with Gasteiger partial charge in [-0.25, -0.2) is 0 Å². The molecule has 1 amide bonds. The molecule has 224 valence electrons. The lowest BCUT2D eigenvalue weighted by Crippen LogP contribution is -2.53. The fourth-order valence-electron chi connectivity index (χ4n) is 6.44. The lowest BCUT2D eigenvalue weighted by Gasteiger charge is -2.37. The summed E-state index contributed by atoms with van der Waals surface area (Å²) in [6, 6.07) is 15.4. The van der Waals surface area contributed by atoms with Crippen molar-refractivity contribution in [1.29, 1.82) is 0 Å². The van der Waals surface area contributed by atoms with Gasteiger partial charge < -0.3 is 36.9 Å². The lowest BCUT2D eigenvalue weighted by molar-refractivity contribution is -0.124. The number of nitrogens with one attached hydrogen (secondary N) is 1. The number of anilines is 1. The van der Waals surface area contributed by atoms with Crippen molar-refractivity contribution < 1.29 is 19.1 Å². The number of piperidine rings is 1. The molecule has 0 spiro atoms. The Labute approximate surface area is 254 Å². The van der Waals surface area contributed by atoms with E-state index in [2.05, 4.69) is 10.2 Å². The van der Waals surface area contributed by atoms with E-state index in [1.165, 1.54) is 11.3 Å². The number of nitrogens with zero attached hydrogens (tertiary/aromatic N) is 1. The SMILES string of the molecule is CCOc1ccccc1Oc1ccc(C2(N)C(=O)C(N)c3c(C(=O)NC4CCCN(C)C4)sc4c(N)ccc2c34)c(C)c1. The highest BCUT2D eigenvalue weighted by Crippen LogP contribution is 2.50. The molecule has 0 bridgehead atoms. The molecule has 0 saturated carbocycles. The van der Waals surface area contributed by atoms with E-state index in [1.807, 2.05) is 57.3 Å². The van der Waals surface area contributed by atoms with Crippen molar-refractivity contribution in [2.24, 2.45) is 11.5 Å². The number of Topliss-reactive ketones (excluding diaryl/α,β-unsaturated/α-hetero) is 1. The van der Waals surface area contributed by atoms with Gasteiger partial charge in [0, 0.05) is 29.2 Å². The summed E-state index contributed by atoms with van der Waals surface area (Å²) < 4.78 is 12.6. The number of carbonyl (C=O) groups is 2. The minimum absolute atomic E-state index is 0.0217. The Morgan fingerprint density at radius 2 is 1.88 bits per heavy atom. The topological polar surface area (TPSA) is 146 Å². The van der Waals surface area contributed by atoms with E-state index in [4.69, 9.17) is 26.7 Å². The molecular weight excluding hydrogens is 562 g/mol. The molecule has 1 aliphatic heterocycles. The van der Waals surface area contributed by atoms with Crippen LogP contribution in [0, 0.1) is 6.92 Å². The maximum Gasteiger partial charge on any atom is 0.262 e. The van der Waals surface area contributed by atoms with Crippen LogP contribution in [0.1, 0.15) is 57.7 Å². The van der Waals surface area contributed by atoms with E-state index in [-0.39, 0.29) is 17.7 Å². The zero-order valence-electron chi connectivity index (χ0n) is 24.6. The summed E-state index contributed by atoms with van der Waals surface area (Å²) in [6.07, 6.45) is 1.91. The smallest absolute Gasteiger partial charge is 0.262 e. The van der Waals surface area contributed by atoms with Gasteiger partial charge in [-0.1, -0.05) is 24.3 Å². The number of ketones is 1. The van der Waals surface area contributed by atoms with E-state index in [1.54, 1.807) is 18.2 Å². The van der Waals surface area contributed by atoms with E-state index < -0.39 is 11.6 Å². The number of benzene rings is 3. The van der Waals surface area contributed by atoms with E-state index in [0.717, 1.165) is 31.5 Å². The van der Waals surface area contributed by atoms with Crippen LogP contribution in [-0.4, -0.2) is 49.4 Å². The molecule has 3 atom stereocenters. The van der Waals surface area contributed by atoms with Gasteiger partial charge in [0.25, 0.3) is 5.91 Å². The molecule has 4 aromatic rings. The van der Waals surface area contributed by atoms with Crippen LogP contribution in [0.3, 0.4) is 0 Å². The van der Waals surface area contributed by atoms with E-state index in [9.17, 15) is 9.59 Å². The van der Waals surface area contributed by atoms with Crippen LogP contribution in [-0.2, 0) is 10.3 Å². The number of para-hydroxylation sites is 2. The molecule has 43 heavy (non-hydrogen) atoms. The Morgan fingerprint density at radius 3 is 2.60 bits per heavy atom. The van der Waals surface area contributed by atoms with E-state index >= 15 is 0 Å². The maximum atomic E-state index is 14.2. The summed E-state index contributed by atoms with van der Waals surface area (Å²) in [4.78, 5) is 30.5. The Morgan fingerprint density at radius 1 is 1.14 bits per heavy atom. The molecule has 2 aliphatic rings. The first-order valence-electron chi connectivity index (χ1n) is 14.6. The van der Waals surface area contributed by atoms with Crippen molar-refractivity contribution in [3.63, 3.8) is 0 Å². The highest BCUT2D eigenvalue weighted by atomic mass is 32.1. The van der Waals surface area contributed by atoms with Crippen molar-refractivity contribution in [3.05, 3.63) is 81.7 Å². The van der Waals surface area contributed by atoms with Crippen LogP contribution in [0.2, 0.25) is 0 Å². The second kappa shape index (κ2) is 11.3. The quantitative estimate of drug-likeness (QED) is 0.226.